The highest BCUT2D eigenvalue weighted by Gasteiger charge is 2.26. The summed E-state index contributed by atoms with van der Waals surface area (Å²) in [6.45, 7) is 5.94. The number of hydrogen-bond acceptors (Lipinski definition) is 7. The molecule has 0 amide bonds. The summed E-state index contributed by atoms with van der Waals surface area (Å²) in [5.74, 6) is 2.66. The molecule has 0 aromatic carbocycles. The average Bonchev–Trinajstić information content (AvgIpc) is 2.69. The predicted molar refractivity (Wildman–Crippen MR) is 97.7 cm³/mol. The van der Waals surface area contributed by atoms with Gasteiger partial charge in [0, 0.05) is 19.1 Å². The van der Waals surface area contributed by atoms with E-state index in [0.29, 0.717) is 11.6 Å². The molecule has 3 rings (SSSR count). The van der Waals surface area contributed by atoms with E-state index in [0.717, 1.165) is 43.2 Å². The lowest BCUT2D eigenvalue weighted by atomic mass is 10.0. The number of methoxy groups -OCH3 is 2. The molecule has 0 aliphatic carbocycles. The highest BCUT2D eigenvalue weighted by molar-refractivity contribution is 5.35. The number of rotatable bonds is 6. The minimum atomic E-state index is 0.197. The van der Waals surface area contributed by atoms with Crippen molar-refractivity contribution in [1.29, 1.82) is 0 Å². The first-order valence-electron chi connectivity index (χ1n) is 8.89. The molecule has 0 spiro atoms. The van der Waals surface area contributed by atoms with E-state index in [1.165, 1.54) is 0 Å². The summed E-state index contributed by atoms with van der Waals surface area (Å²) in [5.41, 5.74) is 0.981. The number of aromatic nitrogens is 3. The van der Waals surface area contributed by atoms with Gasteiger partial charge in [-0.2, -0.15) is 0 Å². The number of hydrogen-bond donors (Lipinski definition) is 0. The van der Waals surface area contributed by atoms with Crippen LogP contribution in [0.5, 0.6) is 17.4 Å². The van der Waals surface area contributed by atoms with E-state index in [1.807, 2.05) is 19.1 Å². The molecule has 0 radical (unpaired) electrons. The normalized spacial score (nSPS) is 16.9. The Hall–Kier alpha value is -2.41. The third-order valence-corrected chi connectivity index (χ3v) is 4.77. The van der Waals surface area contributed by atoms with Crippen LogP contribution in [0.25, 0.3) is 0 Å². The number of pyridine rings is 1. The molecule has 26 heavy (non-hydrogen) atoms. The fourth-order valence-corrected chi connectivity index (χ4v) is 3.18. The van der Waals surface area contributed by atoms with Gasteiger partial charge in [0.05, 0.1) is 32.3 Å². The second kappa shape index (κ2) is 8.31. The molecule has 0 N–H and O–H groups in total. The lowest BCUT2D eigenvalue weighted by Gasteiger charge is -2.35. The van der Waals surface area contributed by atoms with Gasteiger partial charge in [0.1, 0.15) is 11.9 Å². The van der Waals surface area contributed by atoms with E-state index in [2.05, 4.69) is 26.8 Å². The number of nitrogens with zero attached hydrogens (tertiary/aromatic N) is 4. The predicted octanol–water partition coefficient (Wildman–Crippen LogP) is 2.80. The van der Waals surface area contributed by atoms with Crippen molar-refractivity contribution in [1.82, 2.24) is 19.9 Å². The quantitative estimate of drug-likeness (QED) is 0.786. The van der Waals surface area contributed by atoms with Crippen LogP contribution >= 0.6 is 0 Å². The highest BCUT2D eigenvalue weighted by atomic mass is 16.5. The Labute approximate surface area is 154 Å². The van der Waals surface area contributed by atoms with Gasteiger partial charge in [0.2, 0.25) is 0 Å². The van der Waals surface area contributed by atoms with Crippen molar-refractivity contribution >= 4 is 0 Å². The van der Waals surface area contributed by atoms with Gasteiger partial charge in [0.25, 0.3) is 5.88 Å². The molecule has 140 valence electrons. The van der Waals surface area contributed by atoms with Crippen molar-refractivity contribution in [2.24, 2.45) is 0 Å². The van der Waals surface area contributed by atoms with Gasteiger partial charge >= 0.3 is 0 Å². The van der Waals surface area contributed by atoms with Gasteiger partial charge in [-0.3, -0.25) is 4.90 Å². The van der Waals surface area contributed by atoms with E-state index in [9.17, 15) is 0 Å². The summed E-state index contributed by atoms with van der Waals surface area (Å²) >= 11 is 0. The minimum Gasteiger partial charge on any atom is -0.491 e. The Morgan fingerprint density at radius 1 is 1.08 bits per heavy atom. The maximum absolute atomic E-state index is 6.01. The molecular formula is C19H26N4O3. The Bertz CT molecular complexity index is 715. The van der Waals surface area contributed by atoms with Crippen molar-refractivity contribution in [2.75, 3.05) is 27.3 Å². The maximum Gasteiger partial charge on any atom is 0.257 e. The van der Waals surface area contributed by atoms with Gasteiger partial charge in [0.15, 0.2) is 11.5 Å². The van der Waals surface area contributed by atoms with Crippen LogP contribution < -0.4 is 14.2 Å². The van der Waals surface area contributed by atoms with Crippen LogP contribution in [0.2, 0.25) is 0 Å². The van der Waals surface area contributed by atoms with Gasteiger partial charge < -0.3 is 14.2 Å². The topological polar surface area (TPSA) is 69.6 Å². The molecule has 0 bridgehead atoms. The van der Waals surface area contributed by atoms with E-state index < -0.39 is 0 Å². The number of likely N-dealkylation sites (tertiary alicyclic amines) is 1. The molecule has 7 heteroatoms. The molecule has 1 saturated heterocycles. The largest absolute Gasteiger partial charge is 0.491 e. The van der Waals surface area contributed by atoms with Crippen LogP contribution in [0.4, 0.5) is 0 Å². The summed E-state index contributed by atoms with van der Waals surface area (Å²) < 4.78 is 16.6. The summed E-state index contributed by atoms with van der Waals surface area (Å²) in [5, 5.41) is 0. The number of aryl methyl sites for hydroxylation is 1. The Kier molecular flexibility index (Phi) is 5.88. The van der Waals surface area contributed by atoms with Crippen molar-refractivity contribution in [2.45, 2.75) is 38.8 Å². The highest BCUT2D eigenvalue weighted by Crippen LogP contribution is 2.30. The lowest BCUT2D eigenvalue weighted by molar-refractivity contribution is 0.0779. The second-order valence-electron chi connectivity index (χ2n) is 6.44. The Balaban J connectivity index is 1.58. The van der Waals surface area contributed by atoms with Gasteiger partial charge in [-0.05, 0) is 38.8 Å². The summed E-state index contributed by atoms with van der Waals surface area (Å²) in [6, 6.07) is 4.11. The molecule has 2 aromatic heterocycles. The molecule has 3 heterocycles. The van der Waals surface area contributed by atoms with E-state index in [1.54, 1.807) is 26.6 Å². The summed E-state index contributed by atoms with van der Waals surface area (Å²) in [4.78, 5) is 15.4. The fourth-order valence-electron chi connectivity index (χ4n) is 3.18. The monoisotopic (exact) mass is 358 g/mol. The lowest BCUT2D eigenvalue weighted by Crippen LogP contribution is -2.39. The first-order valence-corrected chi connectivity index (χ1v) is 8.89. The maximum atomic E-state index is 6.01. The first kappa shape index (κ1) is 18.4. The molecule has 1 atom stereocenters. The second-order valence-corrected chi connectivity index (χ2v) is 6.44. The van der Waals surface area contributed by atoms with E-state index >= 15 is 0 Å². The van der Waals surface area contributed by atoms with Gasteiger partial charge in [-0.25, -0.2) is 15.0 Å². The summed E-state index contributed by atoms with van der Waals surface area (Å²) in [6.07, 6.45) is 5.61. The van der Waals surface area contributed by atoms with Crippen LogP contribution in [0.15, 0.2) is 24.5 Å². The minimum absolute atomic E-state index is 0.197. The molecule has 1 fully saturated rings. The zero-order valence-corrected chi connectivity index (χ0v) is 15.8. The Morgan fingerprint density at radius 3 is 2.38 bits per heavy atom. The average molecular weight is 358 g/mol. The zero-order chi connectivity index (χ0) is 18.5. The molecule has 0 saturated carbocycles. The van der Waals surface area contributed by atoms with Crippen LogP contribution in [-0.2, 0) is 0 Å². The number of ether oxygens (including phenoxy) is 3. The molecule has 7 nitrogen and oxygen atoms in total. The van der Waals surface area contributed by atoms with Crippen LogP contribution in [0, 0.1) is 6.92 Å². The molecular weight excluding hydrogens is 332 g/mol. The fraction of sp³-hybridized carbons (Fsp3) is 0.526. The van der Waals surface area contributed by atoms with E-state index in [-0.39, 0.29) is 12.1 Å². The van der Waals surface area contributed by atoms with Gasteiger partial charge in [-0.15, -0.1) is 0 Å². The van der Waals surface area contributed by atoms with Crippen LogP contribution in [0.3, 0.4) is 0 Å². The van der Waals surface area contributed by atoms with Crippen LogP contribution in [0.1, 0.15) is 37.3 Å². The van der Waals surface area contributed by atoms with Crippen molar-refractivity contribution in [3.8, 4) is 17.4 Å². The molecule has 1 aliphatic heterocycles. The van der Waals surface area contributed by atoms with Gasteiger partial charge in [-0.1, -0.05) is 0 Å². The first-order chi connectivity index (χ1) is 12.6. The van der Waals surface area contributed by atoms with Crippen molar-refractivity contribution < 1.29 is 14.2 Å². The SMILES string of the molecule is COc1ccc(C(C)N2CCC(Oc3cnc(C)nc3)CC2)nc1OC. The smallest absolute Gasteiger partial charge is 0.257 e. The standard InChI is InChI=1S/C19H26N4O3/c1-13(17-5-6-18(24-3)19(22-17)25-4)23-9-7-15(8-10-23)26-16-11-20-14(2)21-12-16/h5-6,11-13,15H,7-10H2,1-4H3. The van der Waals surface area contributed by atoms with Crippen molar-refractivity contribution in [3.05, 3.63) is 36.0 Å². The number of piperidine rings is 1. The Morgan fingerprint density at radius 2 is 1.77 bits per heavy atom. The zero-order valence-electron chi connectivity index (χ0n) is 15.8. The molecule has 1 unspecified atom stereocenters. The van der Waals surface area contributed by atoms with Crippen LogP contribution in [-0.4, -0.2) is 53.3 Å². The van der Waals surface area contributed by atoms with E-state index in [4.69, 9.17) is 14.2 Å². The third kappa shape index (κ3) is 4.22. The molecule has 1 aliphatic rings. The summed E-state index contributed by atoms with van der Waals surface area (Å²) in [7, 11) is 3.23. The third-order valence-electron chi connectivity index (χ3n) is 4.77. The van der Waals surface area contributed by atoms with Crippen molar-refractivity contribution in [3.63, 3.8) is 0 Å². The molecule has 2 aromatic rings.